The van der Waals surface area contributed by atoms with Crippen molar-refractivity contribution >= 4 is 0 Å². The molecule has 0 unspecified atom stereocenters. The second-order valence-corrected chi connectivity index (χ2v) is 6.99. The van der Waals surface area contributed by atoms with Crippen molar-refractivity contribution in [2.75, 3.05) is 13.1 Å². The fourth-order valence-corrected chi connectivity index (χ4v) is 3.82. The summed E-state index contributed by atoms with van der Waals surface area (Å²) in [5.41, 5.74) is 3.96. The Morgan fingerprint density at radius 2 is 1.76 bits per heavy atom. The standard InChI is InChI=1S/C22H25N3/c1-2-6-19(7-3-1)16-20-10-14-24(15-11-20)18-22-9-5-13-25(22)21-8-4-12-23-17-21/h1-9,12-13,17,20H,10-11,14-16,18H2. The Morgan fingerprint density at radius 1 is 0.920 bits per heavy atom. The molecule has 0 atom stereocenters. The average Bonchev–Trinajstić information content (AvgIpc) is 3.13. The predicted molar refractivity (Wildman–Crippen MR) is 102 cm³/mol. The zero-order valence-electron chi connectivity index (χ0n) is 14.6. The van der Waals surface area contributed by atoms with Crippen molar-refractivity contribution in [1.82, 2.24) is 14.5 Å². The highest BCUT2D eigenvalue weighted by Gasteiger charge is 2.20. The molecule has 1 aliphatic heterocycles. The fraction of sp³-hybridized carbons (Fsp3) is 0.318. The van der Waals surface area contributed by atoms with Gasteiger partial charge in [-0.3, -0.25) is 9.88 Å². The molecule has 1 saturated heterocycles. The van der Waals surface area contributed by atoms with E-state index in [0.29, 0.717) is 0 Å². The molecule has 1 aromatic carbocycles. The minimum absolute atomic E-state index is 0.823. The van der Waals surface area contributed by atoms with Gasteiger partial charge in [-0.1, -0.05) is 30.3 Å². The molecule has 3 aromatic rings. The van der Waals surface area contributed by atoms with Crippen LogP contribution in [-0.4, -0.2) is 27.5 Å². The predicted octanol–water partition coefficient (Wildman–Crippen LogP) is 4.33. The van der Waals surface area contributed by atoms with Crippen LogP contribution in [0.5, 0.6) is 0 Å². The van der Waals surface area contributed by atoms with Gasteiger partial charge in [0.2, 0.25) is 0 Å². The lowest BCUT2D eigenvalue weighted by Gasteiger charge is -2.32. The third-order valence-corrected chi connectivity index (χ3v) is 5.22. The molecule has 0 aliphatic carbocycles. The molecule has 0 bridgehead atoms. The number of piperidine rings is 1. The SMILES string of the molecule is c1ccc(CC2CCN(Cc3cccn3-c3cccnc3)CC2)cc1. The number of pyridine rings is 1. The summed E-state index contributed by atoms with van der Waals surface area (Å²) in [4.78, 5) is 6.83. The van der Waals surface area contributed by atoms with E-state index in [9.17, 15) is 0 Å². The summed E-state index contributed by atoms with van der Waals surface area (Å²) in [6.45, 7) is 3.39. The Hall–Kier alpha value is -2.39. The molecule has 0 saturated carbocycles. The van der Waals surface area contributed by atoms with Crippen LogP contribution in [0.2, 0.25) is 0 Å². The molecule has 3 heteroatoms. The van der Waals surface area contributed by atoms with Crippen molar-refractivity contribution in [3.63, 3.8) is 0 Å². The lowest BCUT2D eigenvalue weighted by Crippen LogP contribution is -2.34. The van der Waals surface area contributed by atoms with Crippen LogP contribution in [0.15, 0.2) is 73.2 Å². The van der Waals surface area contributed by atoms with E-state index in [1.54, 1.807) is 0 Å². The number of likely N-dealkylation sites (tertiary alicyclic amines) is 1. The monoisotopic (exact) mass is 331 g/mol. The van der Waals surface area contributed by atoms with Crippen LogP contribution in [0.3, 0.4) is 0 Å². The fourth-order valence-electron chi connectivity index (χ4n) is 3.82. The van der Waals surface area contributed by atoms with E-state index in [-0.39, 0.29) is 0 Å². The summed E-state index contributed by atoms with van der Waals surface area (Å²) < 4.78 is 2.25. The molecule has 2 aromatic heterocycles. The Labute approximate surface area is 149 Å². The van der Waals surface area contributed by atoms with Crippen LogP contribution in [0.1, 0.15) is 24.1 Å². The molecule has 25 heavy (non-hydrogen) atoms. The smallest absolute Gasteiger partial charge is 0.0636 e. The van der Waals surface area contributed by atoms with Gasteiger partial charge in [0, 0.05) is 24.6 Å². The van der Waals surface area contributed by atoms with Crippen molar-refractivity contribution in [3.05, 3.63) is 84.4 Å². The molecule has 3 nitrogen and oxygen atoms in total. The van der Waals surface area contributed by atoms with E-state index in [1.807, 2.05) is 18.5 Å². The minimum atomic E-state index is 0.823. The number of hydrogen-bond donors (Lipinski definition) is 0. The molecule has 4 rings (SSSR count). The highest BCUT2D eigenvalue weighted by molar-refractivity contribution is 5.32. The molecule has 1 fully saturated rings. The molecular formula is C22H25N3. The van der Waals surface area contributed by atoms with Crippen LogP contribution >= 0.6 is 0 Å². The van der Waals surface area contributed by atoms with E-state index in [0.717, 1.165) is 18.2 Å². The van der Waals surface area contributed by atoms with Crippen LogP contribution in [0.4, 0.5) is 0 Å². The van der Waals surface area contributed by atoms with Gasteiger partial charge in [0.15, 0.2) is 0 Å². The molecule has 0 spiro atoms. The van der Waals surface area contributed by atoms with Gasteiger partial charge in [-0.2, -0.15) is 0 Å². The van der Waals surface area contributed by atoms with Crippen molar-refractivity contribution < 1.29 is 0 Å². The summed E-state index contributed by atoms with van der Waals surface area (Å²) in [5.74, 6) is 0.823. The van der Waals surface area contributed by atoms with Crippen molar-refractivity contribution in [2.45, 2.75) is 25.8 Å². The number of aromatic nitrogens is 2. The molecular weight excluding hydrogens is 306 g/mol. The Balaban J connectivity index is 1.34. The average molecular weight is 331 g/mol. The number of benzene rings is 1. The van der Waals surface area contributed by atoms with Crippen molar-refractivity contribution in [2.24, 2.45) is 5.92 Å². The van der Waals surface area contributed by atoms with Gasteiger partial charge in [-0.25, -0.2) is 0 Å². The number of rotatable bonds is 5. The summed E-state index contributed by atoms with van der Waals surface area (Å²) in [6.07, 6.45) is 9.69. The highest BCUT2D eigenvalue weighted by Crippen LogP contribution is 2.23. The first-order valence-electron chi connectivity index (χ1n) is 9.21. The van der Waals surface area contributed by atoms with Crippen molar-refractivity contribution in [1.29, 1.82) is 0 Å². The van der Waals surface area contributed by atoms with Gasteiger partial charge in [0.05, 0.1) is 11.9 Å². The number of hydrogen-bond acceptors (Lipinski definition) is 2. The van der Waals surface area contributed by atoms with Crippen LogP contribution in [0, 0.1) is 5.92 Å². The molecule has 0 radical (unpaired) electrons. The van der Waals surface area contributed by atoms with E-state index in [1.165, 1.54) is 43.6 Å². The third kappa shape index (κ3) is 3.99. The zero-order valence-corrected chi connectivity index (χ0v) is 14.6. The first-order chi connectivity index (χ1) is 12.4. The van der Waals surface area contributed by atoms with Gasteiger partial charge < -0.3 is 4.57 Å². The lowest BCUT2D eigenvalue weighted by atomic mass is 9.90. The van der Waals surface area contributed by atoms with E-state index >= 15 is 0 Å². The Morgan fingerprint density at radius 3 is 2.52 bits per heavy atom. The van der Waals surface area contributed by atoms with Gasteiger partial charge in [0.1, 0.15) is 0 Å². The summed E-state index contributed by atoms with van der Waals surface area (Å²) >= 11 is 0. The maximum absolute atomic E-state index is 4.24. The minimum Gasteiger partial charge on any atom is -0.318 e. The zero-order chi connectivity index (χ0) is 16.9. The molecule has 1 aliphatic rings. The molecule has 128 valence electrons. The molecule has 0 N–H and O–H groups in total. The Bertz CT molecular complexity index is 771. The van der Waals surface area contributed by atoms with E-state index in [2.05, 4.69) is 69.2 Å². The quantitative estimate of drug-likeness (QED) is 0.694. The third-order valence-electron chi connectivity index (χ3n) is 5.22. The maximum Gasteiger partial charge on any atom is 0.0636 e. The van der Waals surface area contributed by atoms with Crippen LogP contribution < -0.4 is 0 Å². The largest absolute Gasteiger partial charge is 0.318 e. The van der Waals surface area contributed by atoms with E-state index < -0.39 is 0 Å². The maximum atomic E-state index is 4.24. The Kier molecular flexibility index (Phi) is 4.93. The molecule has 3 heterocycles. The first kappa shape index (κ1) is 16.1. The second kappa shape index (κ2) is 7.66. The second-order valence-electron chi connectivity index (χ2n) is 6.99. The summed E-state index contributed by atoms with van der Waals surface area (Å²) in [5, 5.41) is 0. The van der Waals surface area contributed by atoms with Gasteiger partial charge in [0.25, 0.3) is 0 Å². The van der Waals surface area contributed by atoms with E-state index in [4.69, 9.17) is 0 Å². The normalized spacial score (nSPS) is 16.2. The van der Waals surface area contributed by atoms with Gasteiger partial charge >= 0.3 is 0 Å². The van der Waals surface area contributed by atoms with Gasteiger partial charge in [-0.05, 0) is 68.1 Å². The van der Waals surface area contributed by atoms with Crippen LogP contribution in [-0.2, 0) is 13.0 Å². The van der Waals surface area contributed by atoms with Gasteiger partial charge in [-0.15, -0.1) is 0 Å². The van der Waals surface area contributed by atoms with Crippen molar-refractivity contribution in [3.8, 4) is 5.69 Å². The summed E-state index contributed by atoms with van der Waals surface area (Å²) in [7, 11) is 0. The highest BCUT2D eigenvalue weighted by atomic mass is 15.1. The molecule has 0 amide bonds. The van der Waals surface area contributed by atoms with Crippen LogP contribution in [0.25, 0.3) is 5.69 Å². The summed E-state index contributed by atoms with van der Waals surface area (Å²) in [6, 6.07) is 19.4. The topological polar surface area (TPSA) is 21.1 Å². The lowest BCUT2D eigenvalue weighted by molar-refractivity contribution is 0.174. The number of nitrogens with zero attached hydrogens (tertiary/aromatic N) is 3. The first-order valence-corrected chi connectivity index (χ1v) is 9.21.